The fraction of sp³-hybridized carbons (Fsp3) is 0.200. The molecule has 1 aromatic carbocycles. The molecular weight excluding hydrogens is 406 g/mol. The maximum absolute atomic E-state index is 5.50. The largest absolute Gasteiger partial charge is 0.497 e. The number of nitrogens with zero attached hydrogens (tertiary/aromatic N) is 5. The van der Waals surface area contributed by atoms with Crippen LogP contribution in [0.25, 0.3) is 27.3 Å². The Bertz CT molecular complexity index is 1310. The van der Waals surface area contributed by atoms with Gasteiger partial charge in [-0.1, -0.05) is 23.0 Å². The lowest BCUT2D eigenvalue weighted by molar-refractivity contribution is 0.381. The van der Waals surface area contributed by atoms with E-state index in [4.69, 9.17) is 9.26 Å². The van der Waals surface area contributed by atoms with Gasteiger partial charge in [0.15, 0.2) is 10.8 Å². The first-order valence-electron chi connectivity index (χ1n) is 9.00. The first kappa shape index (κ1) is 18.1. The monoisotopic (exact) mass is 423 g/mol. The van der Waals surface area contributed by atoms with E-state index in [1.54, 1.807) is 18.4 Å². The summed E-state index contributed by atoms with van der Waals surface area (Å²) in [6.07, 6.45) is 0. The molecule has 0 aliphatic heterocycles. The third-order valence-electron chi connectivity index (χ3n) is 4.69. The summed E-state index contributed by atoms with van der Waals surface area (Å²) in [6.45, 7) is 4.10. The zero-order chi connectivity index (χ0) is 20.0. The third-order valence-corrected chi connectivity index (χ3v) is 6.58. The molecule has 0 bridgehead atoms. The van der Waals surface area contributed by atoms with Crippen LogP contribution < -0.4 is 4.74 Å². The highest BCUT2D eigenvalue weighted by Gasteiger charge is 2.21. The molecule has 1 atom stereocenters. The molecule has 1 unspecified atom stereocenters. The topological polar surface area (TPSA) is 78.3 Å². The van der Waals surface area contributed by atoms with Crippen LogP contribution in [-0.2, 0) is 0 Å². The number of fused-ring (bicyclic) bond motifs is 3. The van der Waals surface area contributed by atoms with Crippen molar-refractivity contribution < 1.29 is 9.26 Å². The van der Waals surface area contributed by atoms with E-state index in [1.165, 1.54) is 11.8 Å². The second kappa shape index (κ2) is 7.16. The molecule has 0 aliphatic carbocycles. The predicted octanol–water partition coefficient (Wildman–Crippen LogP) is 5.16. The maximum atomic E-state index is 5.50. The van der Waals surface area contributed by atoms with Gasteiger partial charge >= 0.3 is 0 Å². The van der Waals surface area contributed by atoms with Gasteiger partial charge in [-0.3, -0.25) is 4.40 Å². The Labute approximate surface area is 174 Å². The number of thioether (sulfide) groups is 1. The summed E-state index contributed by atoms with van der Waals surface area (Å²) in [6, 6.07) is 12.0. The number of benzene rings is 1. The molecule has 0 saturated carbocycles. The third kappa shape index (κ3) is 3.16. The van der Waals surface area contributed by atoms with Crippen molar-refractivity contribution in [2.75, 3.05) is 7.11 Å². The molecule has 146 valence electrons. The lowest BCUT2D eigenvalue weighted by Gasteiger charge is -2.10. The second-order valence-corrected chi connectivity index (χ2v) is 8.84. The Morgan fingerprint density at radius 2 is 2.10 bits per heavy atom. The highest BCUT2D eigenvalue weighted by molar-refractivity contribution is 7.99. The van der Waals surface area contributed by atoms with E-state index in [0.717, 1.165) is 37.9 Å². The standard InChI is InChI=1S/C20H17N5O2S2/c1-11-9-17-22-23-20(25(17)15-10-13(26-3)6-7-14(11)15)29-12(2)19-21-18(24-27-19)16-5-4-8-28-16/h4-10,12H,1-3H3. The number of aromatic nitrogens is 5. The van der Waals surface area contributed by atoms with Crippen molar-refractivity contribution in [1.29, 1.82) is 0 Å². The number of aryl methyl sites for hydroxylation is 1. The van der Waals surface area contributed by atoms with E-state index in [0.29, 0.717) is 11.7 Å². The molecule has 7 nitrogen and oxygen atoms in total. The van der Waals surface area contributed by atoms with Crippen LogP contribution in [0, 0.1) is 6.92 Å². The number of hydrogen-bond donors (Lipinski definition) is 0. The van der Waals surface area contributed by atoms with Crippen LogP contribution in [0.3, 0.4) is 0 Å². The van der Waals surface area contributed by atoms with E-state index >= 15 is 0 Å². The average molecular weight is 424 g/mol. The second-order valence-electron chi connectivity index (χ2n) is 6.58. The van der Waals surface area contributed by atoms with Crippen LogP contribution in [0.5, 0.6) is 5.75 Å². The quantitative estimate of drug-likeness (QED) is 0.361. The van der Waals surface area contributed by atoms with Gasteiger partial charge in [0.25, 0.3) is 0 Å². The summed E-state index contributed by atoms with van der Waals surface area (Å²) in [5.74, 6) is 1.96. The number of rotatable bonds is 5. The van der Waals surface area contributed by atoms with Crippen LogP contribution in [0.4, 0.5) is 0 Å². The van der Waals surface area contributed by atoms with Gasteiger partial charge in [-0.25, -0.2) is 0 Å². The summed E-state index contributed by atoms with van der Waals surface area (Å²) < 4.78 is 13.0. The van der Waals surface area contributed by atoms with Crippen LogP contribution in [0.1, 0.15) is 23.6 Å². The van der Waals surface area contributed by atoms with Gasteiger partial charge in [0, 0.05) is 11.5 Å². The molecule has 0 aliphatic rings. The molecule has 0 N–H and O–H groups in total. The van der Waals surface area contributed by atoms with E-state index in [-0.39, 0.29) is 5.25 Å². The lowest BCUT2D eigenvalue weighted by atomic mass is 10.1. The highest BCUT2D eigenvalue weighted by atomic mass is 32.2. The molecule has 5 aromatic rings. The first-order chi connectivity index (χ1) is 14.1. The van der Waals surface area contributed by atoms with Crippen LogP contribution in [0.2, 0.25) is 0 Å². The Hall–Kier alpha value is -2.91. The van der Waals surface area contributed by atoms with E-state index in [9.17, 15) is 0 Å². The van der Waals surface area contributed by atoms with Crippen molar-refractivity contribution in [1.82, 2.24) is 24.7 Å². The minimum absolute atomic E-state index is 0.0782. The fourth-order valence-electron chi connectivity index (χ4n) is 3.22. The van der Waals surface area contributed by atoms with Crippen molar-refractivity contribution in [2.45, 2.75) is 24.3 Å². The molecular formula is C20H17N5O2S2. The summed E-state index contributed by atoms with van der Waals surface area (Å²) in [7, 11) is 1.67. The average Bonchev–Trinajstić information content (AvgIpc) is 3.48. The Balaban J connectivity index is 1.54. The Morgan fingerprint density at radius 3 is 2.90 bits per heavy atom. The molecule has 0 saturated heterocycles. The minimum atomic E-state index is -0.0782. The van der Waals surface area contributed by atoms with Gasteiger partial charge in [0.2, 0.25) is 11.7 Å². The summed E-state index contributed by atoms with van der Waals surface area (Å²) in [5.41, 5.74) is 2.94. The molecule has 0 fully saturated rings. The molecule has 4 heterocycles. The fourth-order valence-corrected chi connectivity index (χ4v) is 4.77. The Morgan fingerprint density at radius 1 is 1.21 bits per heavy atom. The smallest absolute Gasteiger partial charge is 0.240 e. The summed E-state index contributed by atoms with van der Waals surface area (Å²) in [4.78, 5) is 5.54. The van der Waals surface area contributed by atoms with Crippen LogP contribution >= 0.6 is 23.1 Å². The van der Waals surface area contributed by atoms with Gasteiger partial charge in [0.1, 0.15) is 5.75 Å². The van der Waals surface area contributed by atoms with Crippen molar-refractivity contribution in [3.8, 4) is 16.5 Å². The molecule has 4 aromatic heterocycles. The van der Waals surface area contributed by atoms with E-state index in [2.05, 4.69) is 33.3 Å². The predicted molar refractivity (Wildman–Crippen MR) is 114 cm³/mol. The molecule has 5 rings (SSSR count). The number of hydrogen-bond acceptors (Lipinski definition) is 8. The number of pyridine rings is 1. The first-order valence-corrected chi connectivity index (χ1v) is 10.8. The lowest BCUT2D eigenvalue weighted by Crippen LogP contribution is -1.96. The highest BCUT2D eigenvalue weighted by Crippen LogP contribution is 2.36. The van der Waals surface area contributed by atoms with E-state index < -0.39 is 0 Å². The van der Waals surface area contributed by atoms with Crippen LogP contribution in [0.15, 0.2) is 51.5 Å². The van der Waals surface area contributed by atoms with E-state index in [1.807, 2.05) is 47.0 Å². The summed E-state index contributed by atoms with van der Waals surface area (Å²) in [5, 5.41) is 16.7. The molecule has 29 heavy (non-hydrogen) atoms. The normalized spacial score (nSPS) is 12.7. The minimum Gasteiger partial charge on any atom is -0.497 e. The zero-order valence-corrected chi connectivity index (χ0v) is 17.6. The van der Waals surface area contributed by atoms with Crippen molar-refractivity contribution in [3.63, 3.8) is 0 Å². The number of ether oxygens (including phenoxy) is 1. The SMILES string of the molecule is COc1ccc2c(C)cc3nnc(SC(C)c4nc(-c5cccs5)no4)n3c2c1. The zero-order valence-electron chi connectivity index (χ0n) is 16.0. The number of thiophene rings is 1. The van der Waals surface area contributed by atoms with Gasteiger partial charge in [0.05, 0.1) is 22.8 Å². The van der Waals surface area contributed by atoms with Gasteiger partial charge in [-0.15, -0.1) is 21.5 Å². The maximum Gasteiger partial charge on any atom is 0.240 e. The van der Waals surface area contributed by atoms with Crippen LogP contribution in [-0.4, -0.2) is 31.8 Å². The van der Waals surface area contributed by atoms with Gasteiger partial charge in [-0.05, 0) is 49.1 Å². The molecule has 0 amide bonds. The Kier molecular flexibility index (Phi) is 4.48. The number of methoxy groups -OCH3 is 1. The van der Waals surface area contributed by atoms with Gasteiger partial charge < -0.3 is 9.26 Å². The van der Waals surface area contributed by atoms with Crippen molar-refractivity contribution >= 4 is 39.6 Å². The van der Waals surface area contributed by atoms with Crippen molar-refractivity contribution in [2.24, 2.45) is 0 Å². The van der Waals surface area contributed by atoms with Gasteiger partial charge in [-0.2, -0.15) is 4.98 Å². The molecule has 0 spiro atoms. The summed E-state index contributed by atoms with van der Waals surface area (Å²) >= 11 is 3.12. The molecule has 9 heteroatoms. The van der Waals surface area contributed by atoms with Crippen molar-refractivity contribution in [3.05, 3.63) is 53.2 Å². The molecule has 0 radical (unpaired) electrons.